The average molecular weight is 389 g/mol. The van der Waals surface area contributed by atoms with Crippen molar-refractivity contribution in [1.29, 1.82) is 0 Å². The van der Waals surface area contributed by atoms with E-state index in [1.54, 1.807) is 12.1 Å². The average Bonchev–Trinajstić information content (AvgIpc) is 2.72. The van der Waals surface area contributed by atoms with Crippen LogP contribution in [0, 0.1) is 5.82 Å². The molecule has 1 heterocycles. The Morgan fingerprint density at radius 2 is 1.70 bits per heavy atom. The molecule has 0 aliphatic carbocycles. The molecule has 1 aliphatic rings. The minimum absolute atomic E-state index is 0.110. The molecule has 4 nitrogen and oxygen atoms in total. The maximum atomic E-state index is 13.1. The van der Waals surface area contributed by atoms with E-state index in [1.807, 2.05) is 42.2 Å². The van der Waals surface area contributed by atoms with Crippen LogP contribution in [0.15, 0.2) is 54.6 Å². The number of aliphatic hydroxyl groups is 1. The predicted octanol–water partition coefficient (Wildman–Crippen LogP) is 3.33. The third-order valence-corrected chi connectivity index (χ3v) is 6.03. The van der Waals surface area contributed by atoms with Gasteiger partial charge in [-0.2, -0.15) is 0 Å². The fourth-order valence-electron chi connectivity index (χ4n) is 3.17. The van der Waals surface area contributed by atoms with Gasteiger partial charge in [0.1, 0.15) is 5.82 Å². The molecule has 1 fully saturated rings. The van der Waals surface area contributed by atoms with Gasteiger partial charge in [0.2, 0.25) is 5.91 Å². The van der Waals surface area contributed by atoms with Crippen LogP contribution >= 0.6 is 11.8 Å². The number of amides is 1. The maximum absolute atomic E-state index is 13.1. The number of thioether (sulfide) groups is 1. The highest BCUT2D eigenvalue weighted by atomic mass is 32.2. The van der Waals surface area contributed by atoms with Gasteiger partial charge in [-0.25, -0.2) is 4.39 Å². The van der Waals surface area contributed by atoms with Crippen LogP contribution in [0.4, 0.5) is 10.1 Å². The van der Waals surface area contributed by atoms with Gasteiger partial charge in [0.15, 0.2) is 0 Å². The largest absolute Gasteiger partial charge is 0.388 e. The standard InChI is InChI=1S/C21H25FN2O2S/c1-16(27-15-20(25)17-5-3-2-4-6-17)21(26)24-13-11-23(12-14-24)19-9-7-18(22)8-10-19/h2-10,16,20,25H,11-15H2,1H3. The van der Waals surface area contributed by atoms with Gasteiger partial charge in [0.25, 0.3) is 0 Å². The van der Waals surface area contributed by atoms with E-state index in [1.165, 1.54) is 23.9 Å². The highest BCUT2D eigenvalue weighted by molar-refractivity contribution is 8.00. The number of hydrogen-bond donors (Lipinski definition) is 1. The molecule has 1 N–H and O–H groups in total. The van der Waals surface area contributed by atoms with Gasteiger partial charge in [0.05, 0.1) is 11.4 Å². The minimum Gasteiger partial charge on any atom is -0.388 e. The van der Waals surface area contributed by atoms with Gasteiger partial charge in [-0.3, -0.25) is 4.79 Å². The molecule has 2 aromatic carbocycles. The number of benzene rings is 2. The fraction of sp³-hybridized carbons (Fsp3) is 0.381. The Bertz CT molecular complexity index is 734. The summed E-state index contributed by atoms with van der Waals surface area (Å²) < 4.78 is 13.1. The molecule has 0 spiro atoms. The van der Waals surface area contributed by atoms with Crippen LogP contribution in [0.1, 0.15) is 18.6 Å². The minimum atomic E-state index is -0.568. The number of nitrogens with zero attached hydrogens (tertiary/aromatic N) is 2. The van der Waals surface area contributed by atoms with E-state index in [9.17, 15) is 14.3 Å². The molecule has 2 atom stereocenters. The van der Waals surface area contributed by atoms with Crippen molar-refractivity contribution in [3.05, 3.63) is 66.0 Å². The fourth-order valence-corrected chi connectivity index (χ4v) is 4.13. The number of hydrogen-bond acceptors (Lipinski definition) is 4. The zero-order chi connectivity index (χ0) is 19.2. The van der Waals surface area contributed by atoms with Crippen molar-refractivity contribution in [3.8, 4) is 0 Å². The summed E-state index contributed by atoms with van der Waals surface area (Å²) in [6.45, 7) is 4.69. The first-order valence-corrected chi connectivity index (χ1v) is 10.2. The predicted molar refractivity (Wildman–Crippen MR) is 109 cm³/mol. The molecule has 1 saturated heterocycles. The zero-order valence-corrected chi connectivity index (χ0v) is 16.2. The maximum Gasteiger partial charge on any atom is 0.235 e. The second-order valence-electron chi connectivity index (χ2n) is 6.69. The van der Waals surface area contributed by atoms with Gasteiger partial charge in [-0.15, -0.1) is 11.8 Å². The smallest absolute Gasteiger partial charge is 0.235 e. The highest BCUT2D eigenvalue weighted by Gasteiger charge is 2.26. The molecule has 2 aromatic rings. The molecule has 0 bridgehead atoms. The summed E-state index contributed by atoms with van der Waals surface area (Å²) >= 11 is 1.48. The van der Waals surface area contributed by atoms with Crippen molar-refractivity contribution in [2.24, 2.45) is 0 Å². The highest BCUT2D eigenvalue weighted by Crippen LogP contribution is 2.23. The summed E-state index contributed by atoms with van der Waals surface area (Å²) in [5, 5.41) is 10.1. The first kappa shape index (κ1) is 19.7. The van der Waals surface area contributed by atoms with E-state index < -0.39 is 6.10 Å². The summed E-state index contributed by atoms with van der Waals surface area (Å²) in [6.07, 6.45) is -0.568. The van der Waals surface area contributed by atoms with Crippen LogP contribution in [-0.2, 0) is 4.79 Å². The third-order valence-electron chi connectivity index (χ3n) is 4.82. The number of carbonyl (C=O) groups excluding carboxylic acids is 1. The number of halogens is 1. The molecule has 0 radical (unpaired) electrons. The van der Waals surface area contributed by atoms with Crippen LogP contribution in [-0.4, -0.2) is 53.1 Å². The van der Waals surface area contributed by atoms with Crippen LogP contribution in [0.25, 0.3) is 0 Å². The summed E-state index contributed by atoms with van der Waals surface area (Å²) in [6, 6.07) is 16.0. The Morgan fingerprint density at radius 1 is 1.07 bits per heavy atom. The first-order chi connectivity index (χ1) is 13.0. The zero-order valence-electron chi connectivity index (χ0n) is 15.4. The topological polar surface area (TPSA) is 43.8 Å². The van der Waals surface area contributed by atoms with Crippen molar-refractivity contribution in [1.82, 2.24) is 4.90 Å². The van der Waals surface area contributed by atoms with Crippen molar-refractivity contribution in [3.63, 3.8) is 0 Å². The number of piperazine rings is 1. The lowest BCUT2D eigenvalue weighted by Crippen LogP contribution is -2.50. The van der Waals surface area contributed by atoms with E-state index in [2.05, 4.69) is 4.90 Å². The van der Waals surface area contributed by atoms with Gasteiger partial charge in [0, 0.05) is 37.6 Å². The number of anilines is 1. The normalized spacial score (nSPS) is 16.9. The van der Waals surface area contributed by atoms with E-state index in [0.717, 1.165) is 24.3 Å². The Morgan fingerprint density at radius 3 is 2.33 bits per heavy atom. The van der Waals surface area contributed by atoms with E-state index in [0.29, 0.717) is 18.8 Å². The molecule has 27 heavy (non-hydrogen) atoms. The van der Waals surface area contributed by atoms with Crippen molar-refractivity contribution in [2.75, 3.05) is 36.8 Å². The molecule has 0 aromatic heterocycles. The Balaban J connectivity index is 1.46. The van der Waals surface area contributed by atoms with Crippen LogP contribution in [0.2, 0.25) is 0 Å². The monoisotopic (exact) mass is 388 g/mol. The van der Waals surface area contributed by atoms with Gasteiger partial charge in [-0.05, 0) is 36.8 Å². The lowest BCUT2D eigenvalue weighted by Gasteiger charge is -2.37. The van der Waals surface area contributed by atoms with E-state index >= 15 is 0 Å². The van der Waals surface area contributed by atoms with Crippen LogP contribution in [0.3, 0.4) is 0 Å². The molecule has 6 heteroatoms. The van der Waals surface area contributed by atoms with E-state index in [-0.39, 0.29) is 17.0 Å². The lowest BCUT2D eigenvalue weighted by atomic mass is 10.1. The van der Waals surface area contributed by atoms with Crippen LogP contribution < -0.4 is 4.90 Å². The molecule has 144 valence electrons. The van der Waals surface area contributed by atoms with Crippen molar-refractivity contribution in [2.45, 2.75) is 18.3 Å². The Labute approximate surface area is 164 Å². The third kappa shape index (κ3) is 5.23. The Kier molecular flexibility index (Phi) is 6.74. The molecular formula is C21H25FN2O2S. The molecular weight excluding hydrogens is 363 g/mol. The molecule has 1 amide bonds. The SMILES string of the molecule is CC(SCC(O)c1ccccc1)C(=O)N1CCN(c2ccc(F)cc2)CC1. The van der Waals surface area contributed by atoms with Gasteiger partial charge in [-0.1, -0.05) is 30.3 Å². The molecule has 2 unspecified atom stereocenters. The molecule has 0 saturated carbocycles. The number of rotatable bonds is 6. The first-order valence-electron chi connectivity index (χ1n) is 9.18. The molecule has 3 rings (SSSR count). The van der Waals surface area contributed by atoms with Crippen LogP contribution in [0.5, 0.6) is 0 Å². The summed E-state index contributed by atoms with van der Waals surface area (Å²) in [5.74, 6) is 0.363. The van der Waals surface area contributed by atoms with Crippen molar-refractivity contribution >= 4 is 23.4 Å². The molecule has 1 aliphatic heterocycles. The van der Waals surface area contributed by atoms with Crippen molar-refractivity contribution < 1.29 is 14.3 Å². The second-order valence-corrected chi connectivity index (χ2v) is 8.06. The Hall–Kier alpha value is -2.05. The van der Waals surface area contributed by atoms with Gasteiger partial charge >= 0.3 is 0 Å². The summed E-state index contributed by atoms with van der Waals surface area (Å²) in [4.78, 5) is 16.7. The quantitative estimate of drug-likeness (QED) is 0.824. The summed E-state index contributed by atoms with van der Waals surface area (Å²) in [7, 11) is 0. The number of carbonyl (C=O) groups is 1. The van der Waals surface area contributed by atoms with E-state index in [4.69, 9.17) is 0 Å². The van der Waals surface area contributed by atoms with Gasteiger partial charge < -0.3 is 14.9 Å². The second kappa shape index (κ2) is 9.24. The number of aliphatic hydroxyl groups excluding tert-OH is 1. The lowest BCUT2D eigenvalue weighted by molar-refractivity contribution is -0.130. The summed E-state index contributed by atoms with van der Waals surface area (Å²) in [5.41, 5.74) is 1.86.